The minimum Gasteiger partial charge on any atom is -0.0971 e. The third kappa shape index (κ3) is 2.87. The molecule has 0 bridgehead atoms. The van der Waals surface area contributed by atoms with Crippen molar-refractivity contribution in [2.24, 2.45) is 0 Å². The molecular formula is C12H11PS. The maximum absolute atomic E-state index is 2.17. The first-order valence-corrected chi connectivity index (χ1v) is 7.02. The van der Waals surface area contributed by atoms with Crippen molar-refractivity contribution in [1.29, 1.82) is 0 Å². The molecule has 0 radical (unpaired) electrons. The fourth-order valence-electron chi connectivity index (χ4n) is 1.11. The highest BCUT2D eigenvalue weighted by atomic mass is 32.7. The van der Waals surface area contributed by atoms with E-state index in [4.69, 9.17) is 0 Å². The Labute approximate surface area is 90.3 Å². The van der Waals surface area contributed by atoms with Crippen molar-refractivity contribution in [2.75, 3.05) is 0 Å². The molecule has 0 aliphatic carbocycles. The highest BCUT2D eigenvalue weighted by Crippen LogP contribution is 2.35. The van der Waals surface area contributed by atoms with Gasteiger partial charge >= 0.3 is 0 Å². The second-order valence-corrected chi connectivity index (χ2v) is 5.56. The van der Waals surface area contributed by atoms with Gasteiger partial charge in [-0.25, -0.2) is 0 Å². The van der Waals surface area contributed by atoms with E-state index in [-0.39, 0.29) is 0 Å². The van der Waals surface area contributed by atoms with Crippen molar-refractivity contribution in [3.8, 4) is 0 Å². The maximum atomic E-state index is 2.17. The summed E-state index contributed by atoms with van der Waals surface area (Å²) in [6.45, 7) is 0. The predicted molar refractivity (Wildman–Crippen MR) is 66.7 cm³/mol. The Morgan fingerprint density at radius 1 is 0.714 bits per heavy atom. The van der Waals surface area contributed by atoms with E-state index in [1.807, 2.05) is 11.4 Å². The summed E-state index contributed by atoms with van der Waals surface area (Å²) in [6.07, 6.45) is 0. The van der Waals surface area contributed by atoms with Gasteiger partial charge in [-0.3, -0.25) is 0 Å². The lowest BCUT2D eigenvalue weighted by molar-refractivity contribution is 1.48. The average Bonchev–Trinajstić information content (AvgIpc) is 2.29. The third-order valence-electron chi connectivity index (χ3n) is 1.80. The number of rotatable bonds is 3. The van der Waals surface area contributed by atoms with Crippen LogP contribution in [0.25, 0.3) is 0 Å². The third-order valence-corrected chi connectivity index (χ3v) is 4.70. The molecule has 1 unspecified atom stereocenters. The molecule has 0 heterocycles. The molecule has 0 aliphatic rings. The number of hydrogen-bond donors (Lipinski definition) is 0. The lowest BCUT2D eigenvalue weighted by atomic mass is 10.4. The summed E-state index contributed by atoms with van der Waals surface area (Å²) in [5.74, 6) is 0. The smallest absolute Gasteiger partial charge is 0.0116 e. The Morgan fingerprint density at radius 2 is 1.29 bits per heavy atom. The summed E-state index contributed by atoms with van der Waals surface area (Å²) >= 11 is 1.90. The summed E-state index contributed by atoms with van der Waals surface area (Å²) in [4.78, 5) is 1.34. The molecule has 0 fully saturated rings. The first-order chi connectivity index (χ1) is 6.95. The van der Waals surface area contributed by atoms with Crippen LogP contribution in [0.5, 0.6) is 0 Å². The van der Waals surface area contributed by atoms with Crippen LogP contribution in [0.2, 0.25) is 0 Å². The van der Waals surface area contributed by atoms with Gasteiger partial charge < -0.3 is 0 Å². The first-order valence-electron chi connectivity index (χ1n) is 4.48. The Hall–Kier alpha value is -0.780. The van der Waals surface area contributed by atoms with Crippen LogP contribution in [0.4, 0.5) is 0 Å². The predicted octanol–water partition coefficient (Wildman–Crippen LogP) is 3.70. The van der Waals surface area contributed by atoms with E-state index in [9.17, 15) is 0 Å². The van der Waals surface area contributed by atoms with Crippen LogP contribution in [-0.2, 0) is 0 Å². The molecule has 0 saturated carbocycles. The van der Waals surface area contributed by atoms with E-state index < -0.39 is 0 Å². The van der Waals surface area contributed by atoms with Gasteiger partial charge in [0.2, 0.25) is 0 Å². The second kappa shape index (κ2) is 5.19. The van der Waals surface area contributed by atoms with Gasteiger partial charge in [0.15, 0.2) is 0 Å². The van der Waals surface area contributed by atoms with Crippen molar-refractivity contribution < 1.29 is 0 Å². The van der Waals surface area contributed by atoms with Crippen LogP contribution in [0.3, 0.4) is 0 Å². The van der Waals surface area contributed by atoms with Gasteiger partial charge in [0.25, 0.3) is 0 Å². The minimum absolute atomic E-state index is 0.799. The Morgan fingerprint density at radius 3 is 1.93 bits per heavy atom. The monoisotopic (exact) mass is 218 g/mol. The summed E-state index contributed by atoms with van der Waals surface area (Å²) in [6, 6.07) is 21.1. The fourth-order valence-corrected chi connectivity index (χ4v) is 3.49. The molecule has 14 heavy (non-hydrogen) atoms. The molecule has 2 rings (SSSR count). The van der Waals surface area contributed by atoms with E-state index >= 15 is 0 Å². The summed E-state index contributed by atoms with van der Waals surface area (Å²) < 4.78 is 0. The van der Waals surface area contributed by atoms with Gasteiger partial charge in [0, 0.05) is 4.90 Å². The van der Waals surface area contributed by atoms with Gasteiger partial charge in [-0.1, -0.05) is 59.9 Å². The summed E-state index contributed by atoms with van der Waals surface area (Å²) in [5.41, 5.74) is 0. The largest absolute Gasteiger partial charge is 0.0971 e. The number of hydrogen-bond acceptors (Lipinski definition) is 1. The molecule has 2 heteroatoms. The van der Waals surface area contributed by atoms with Crippen LogP contribution < -0.4 is 5.30 Å². The lowest BCUT2D eigenvalue weighted by Gasteiger charge is -2.00. The molecule has 1 atom stereocenters. The molecule has 0 N–H and O–H groups in total. The van der Waals surface area contributed by atoms with Gasteiger partial charge in [-0.05, 0) is 25.2 Å². The van der Waals surface area contributed by atoms with Gasteiger partial charge in [-0.15, -0.1) is 0 Å². The van der Waals surface area contributed by atoms with E-state index in [2.05, 4.69) is 60.7 Å². The van der Waals surface area contributed by atoms with E-state index in [0.29, 0.717) is 0 Å². The molecule has 0 amide bonds. The second-order valence-electron chi connectivity index (χ2n) is 2.88. The van der Waals surface area contributed by atoms with Crippen LogP contribution in [0.1, 0.15) is 0 Å². The highest BCUT2D eigenvalue weighted by Gasteiger charge is 1.93. The van der Waals surface area contributed by atoms with E-state index in [1.54, 1.807) is 0 Å². The van der Waals surface area contributed by atoms with Gasteiger partial charge in [0.05, 0.1) is 0 Å². The molecule has 2 aromatic carbocycles. The lowest BCUT2D eigenvalue weighted by Crippen LogP contribution is -1.87. The Balaban J connectivity index is 1.96. The normalized spacial score (nSPS) is 10.9. The van der Waals surface area contributed by atoms with Crippen LogP contribution >= 0.6 is 19.2 Å². The molecule has 2 aromatic rings. The van der Waals surface area contributed by atoms with Crippen molar-refractivity contribution in [3.05, 3.63) is 60.7 Å². The quantitative estimate of drug-likeness (QED) is 0.708. The first kappa shape index (κ1) is 9.76. The number of benzene rings is 2. The standard InChI is InChI=1S/C12H11PS/c1-3-7-11(8-4-1)13-14-12-9-5-2-6-10-12/h1-10,13H. The Bertz CT molecular complexity index is 333. The SMILES string of the molecule is c1ccc(PSc2ccccc2)cc1. The summed E-state index contributed by atoms with van der Waals surface area (Å²) in [5, 5.41) is 1.40. The topological polar surface area (TPSA) is 0 Å². The zero-order valence-electron chi connectivity index (χ0n) is 7.68. The van der Waals surface area contributed by atoms with Crippen LogP contribution in [-0.4, -0.2) is 0 Å². The van der Waals surface area contributed by atoms with Crippen molar-refractivity contribution in [1.82, 2.24) is 0 Å². The van der Waals surface area contributed by atoms with Crippen LogP contribution in [0, 0.1) is 0 Å². The van der Waals surface area contributed by atoms with Crippen molar-refractivity contribution in [2.45, 2.75) is 4.90 Å². The molecular weight excluding hydrogens is 207 g/mol. The fraction of sp³-hybridized carbons (Fsp3) is 0. The average molecular weight is 218 g/mol. The van der Waals surface area contributed by atoms with Gasteiger partial charge in [-0.2, -0.15) is 0 Å². The minimum atomic E-state index is 0.799. The van der Waals surface area contributed by atoms with Crippen molar-refractivity contribution >= 4 is 24.5 Å². The molecule has 0 spiro atoms. The summed E-state index contributed by atoms with van der Waals surface area (Å²) in [7, 11) is 0.799. The zero-order valence-corrected chi connectivity index (χ0v) is 9.50. The van der Waals surface area contributed by atoms with Gasteiger partial charge in [0.1, 0.15) is 0 Å². The Kier molecular flexibility index (Phi) is 3.62. The van der Waals surface area contributed by atoms with Crippen LogP contribution in [0.15, 0.2) is 65.6 Å². The van der Waals surface area contributed by atoms with Crippen molar-refractivity contribution in [3.63, 3.8) is 0 Å². The highest BCUT2D eigenvalue weighted by molar-refractivity contribution is 8.51. The maximum Gasteiger partial charge on any atom is 0.0116 e. The molecule has 0 aliphatic heterocycles. The molecule has 0 aromatic heterocycles. The zero-order chi connectivity index (χ0) is 9.64. The van der Waals surface area contributed by atoms with E-state index in [0.717, 1.165) is 7.78 Å². The molecule has 0 saturated heterocycles. The molecule has 0 nitrogen and oxygen atoms in total. The van der Waals surface area contributed by atoms with E-state index in [1.165, 1.54) is 10.2 Å². The molecule has 70 valence electrons.